The Bertz CT molecular complexity index is 185. The van der Waals surface area contributed by atoms with E-state index >= 15 is 0 Å². The number of hydrogen-bond acceptors (Lipinski definition) is 3. The van der Waals surface area contributed by atoms with E-state index in [1.54, 1.807) is 6.92 Å². The first-order chi connectivity index (χ1) is 5.63. The van der Waals surface area contributed by atoms with Gasteiger partial charge in [0.05, 0.1) is 5.70 Å². The summed E-state index contributed by atoms with van der Waals surface area (Å²) in [5.74, 6) is 0.0790. The lowest BCUT2D eigenvalue weighted by atomic mass is 10.2. The Balaban J connectivity index is 4.43. The van der Waals surface area contributed by atoms with Crippen LogP contribution >= 0.6 is 0 Å². The normalized spacial score (nSPS) is 12.0. The lowest BCUT2D eigenvalue weighted by molar-refractivity contribution is -0.114. The van der Waals surface area contributed by atoms with E-state index in [4.69, 9.17) is 0 Å². The number of rotatable bonds is 5. The number of nitrogens with one attached hydrogen (secondary N) is 2. The fourth-order valence-corrected chi connectivity index (χ4v) is 1.05. The van der Waals surface area contributed by atoms with Crippen LogP contribution in [0.3, 0.4) is 0 Å². The molecule has 0 unspecified atom stereocenters. The van der Waals surface area contributed by atoms with Crippen LogP contribution in [0.2, 0.25) is 0 Å². The average molecular weight is 170 g/mol. The Morgan fingerprint density at radius 1 is 1.08 bits per heavy atom. The van der Waals surface area contributed by atoms with Gasteiger partial charge in [0.15, 0.2) is 5.78 Å². The number of carbonyl (C=O) groups is 1. The molecule has 2 N–H and O–H groups in total. The molecule has 70 valence electrons. The van der Waals surface area contributed by atoms with Crippen LogP contribution < -0.4 is 10.6 Å². The van der Waals surface area contributed by atoms with Crippen molar-refractivity contribution in [3.05, 3.63) is 11.4 Å². The standard InChI is InChI=1S/C9H18N2O/c1-5-10-7(3)9(8(4)12)11-6-2/h10-11H,5-6H2,1-4H3. The SMILES string of the molecule is CCNC(C)=C(NCC)C(C)=O. The summed E-state index contributed by atoms with van der Waals surface area (Å²) in [6.45, 7) is 9.07. The highest BCUT2D eigenvalue weighted by molar-refractivity contribution is 5.93. The van der Waals surface area contributed by atoms with Gasteiger partial charge in [-0.1, -0.05) is 0 Å². The molecule has 0 rings (SSSR count). The fraction of sp³-hybridized carbons (Fsp3) is 0.667. The van der Waals surface area contributed by atoms with Gasteiger partial charge < -0.3 is 10.6 Å². The van der Waals surface area contributed by atoms with Crippen molar-refractivity contribution in [2.24, 2.45) is 0 Å². The van der Waals surface area contributed by atoms with E-state index in [0.717, 1.165) is 18.8 Å². The van der Waals surface area contributed by atoms with Gasteiger partial charge >= 0.3 is 0 Å². The zero-order chi connectivity index (χ0) is 9.56. The molecule has 0 bridgehead atoms. The van der Waals surface area contributed by atoms with Crippen LogP contribution in [0.4, 0.5) is 0 Å². The summed E-state index contributed by atoms with van der Waals surface area (Å²) in [7, 11) is 0. The van der Waals surface area contributed by atoms with Gasteiger partial charge in [-0.15, -0.1) is 0 Å². The monoisotopic (exact) mass is 170 g/mol. The second-order valence-corrected chi connectivity index (χ2v) is 2.62. The van der Waals surface area contributed by atoms with E-state index in [9.17, 15) is 4.79 Å². The van der Waals surface area contributed by atoms with Gasteiger partial charge in [-0.25, -0.2) is 0 Å². The molecule has 0 saturated heterocycles. The highest BCUT2D eigenvalue weighted by Crippen LogP contribution is 1.97. The summed E-state index contributed by atoms with van der Waals surface area (Å²) in [4.78, 5) is 11.1. The predicted molar refractivity (Wildman–Crippen MR) is 50.7 cm³/mol. The molecule has 0 radical (unpaired) electrons. The predicted octanol–water partition coefficient (Wildman–Crippen LogP) is 1.03. The molecular formula is C9H18N2O. The quantitative estimate of drug-likeness (QED) is 0.605. The maximum absolute atomic E-state index is 11.1. The largest absolute Gasteiger partial charge is 0.387 e. The van der Waals surface area contributed by atoms with Crippen LogP contribution in [0.15, 0.2) is 11.4 Å². The Morgan fingerprint density at radius 2 is 1.58 bits per heavy atom. The molecular weight excluding hydrogens is 152 g/mol. The second-order valence-electron chi connectivity index (χ2n) is 2.62. The van der Waals surface area contributed by atoms with E-state index in [1.807, 2.05) is 20.8 Å². The molecule has 0 spiro atoms. The first-order valence-corrected chi connectivity index (χ1v) is 4.33. The molecule has 0 aromatic rings. The average Bonchev–Trinajstić information content (AvgIpc) is 1.99. The summed E-state index contributed by atoms with van der Waals surface area (Å²) in [5, 5.41) is 6.14. The number of likely N-dealkylation sites (N-methyl/N-ethyl adjacent to an activating group) is 1. The van der Waals surface area contributed by atoms with Crippen molar-refractivity contribution in [1.29, 1.82) is 0 Å². The van der Waals surface area contributed by atoms with Crippen molar-refractivity contribution in [3.63, 3.8) is 0 Å². The summed E-state index contributed by atoms with van der Waals surface area (Å²) in [6.07, 6.45) is 0. The van der Waals surface area contributed by atoms with Crippen LogP contribution in [0.25, 0.3) is 0 Å². The van der Waals surface area contributed by atoms with Crippen molar-refractivity contribution >= 4 is 5.78 Å². The Labute approximate surface area is 74.2 Å². The minimum atomic E-state index is 0.0790. The first-order valence-electron chi connectivity index (χ1n) is 4.33. The number of Topliss-reactive ketones (excluding diaryl/α,β-unsaturated/α-hetero) is 1. The van der Waals surface area contributed by atoms with Gasteiger partial charge in [0.1, 0.15) is 0 Å². The molecule has 0 saturated carbocycles. The smallest absolute Gasteiger partial charge is 0.177 e. The summed E-state index contributed by atoms with van der Waals surface area (Å²) in [5.41, 5.74) is 1.62. The van der Waals surface area contributed by atoms with Gasteiger partial charge in [-0.2, -0.15) is 0 Å². The fourth-order valence-electron chi connectivity index (χ4n) is 1.05. The number of hydrogen-bond donors (Lipinski definition) is 2. The van der Waals surface area contributed by atoms with Gasteiger partial charge in [0.25, 0.3) is 0 Å². The molecule has 0 aliphatic rings. The minimum Gasteiger partial charge on any atom is -0.387 e. The van der Waals surface area contributed by atoms with E-state index in [2.05, 4.69) is 10.6 Å². The van der Waals surface area contributed by atoms with Crippen molar-refractivity contribution in [1.82, 2.24) is 10.6 Å². The second kappa shape index (κ2) is 5.63. The number of carbonyl (C=O) groups excluding carboxylic acids is 1. The molecule has 0 fully saturated rings. The Hall–Kier alpha value is -0.990. The van der Waals surface area contributed by atoms with Crippen LogP contribution in [-0.4, -0.2) is 18.9 Å². The molecule has 0 aliphatic heterocycles. The number of allylic oxidation sites excluding steroid dienone is 2. The summed E-state index contributed by atoms with van der Waals surface area (Å²) in [6, 6.07) is 0. The van der Waals surface area contributed by atoms with Crippen LogP contribution in [0.1, 0.15) is 27.7 Å². The third-order valence-corrected chi connectivity index (χ3v) is 1.52. The molecule has 0 atom stereocenters. The number of ketones is 1. The molecule has 0 aliphatic carbocycles. The van der Waals surface area contributed by atoms with Gasteiger partial charge in [0, 0.05) is 25.7 Å². The first kappa shape index (κ1) is 11.0. The molecule has 0 amide bonds. The maximum Gasteiger partial charge on any atom is 0.177 e. The lowest BCUT2D eigenvalue weighted by Gasteiger charge is -2.11. The van der Waals surface area contributed by atoms with E-state index < -0.39 is 0 Å². The van der Waals surface area contributed by atoms with E-state index in [-0.39, 0.29) is 5.78 Å². The molecule has 12 heavy (non-hydrogen) atoms. The maximum atomic E-state index is 11.1. The molecule has 0 aromatic carbocycles. The van der Waals surface area contributed by atoms with Crippen molar-refractivity contribution in [2.45, 2.75) is 27.7 Å². The third-order valence-electron chi connectivity index (χ3n) is 1.52. The van der Waals surface area contributed by atoms with Gasteiger partial charge in [-0.05, 0) is 20.8 Å². The van der Waals surface area contributed by atoms with E-state index in [1.165, 1.54) is 0 Å². The summed E-state index contributed by atoms with van der Waals surface area (Å²) < 4.78 is 0. The molecule has 0 heterocycles. The molecule has 0 aromatic heterocycles. The minimum absolute atomic E-state index is 0.0790. The lowest BCUT2D eigenvalue weighted by Crippen LogP contribution is -2.25. The topological polar surface area (TPSA) is 41.1 Å². The van der Waals surface area contributed by atoms with Crippen molar-refractivity contribution in [3.8, 4) is 0 Å². The highest BCUT2D eigenvalue weighted by atomic mass is 16.1. The van der Waals surface area contributed by atoms with Gasteiger partial charge in [0.2, 0.25) is 0 Å². The van der Waals surface area contributed by atoms with E-state index in [0.29, 0.717) is 5.70 Å². The third kappa shape index (κ3) is 3.42. The zero-order valence-corrected chi connectivity index (χ0v) is 8.32. The zero-order valence-electron chi connectivity index (χ0n) is 8.32. The Morgan fingerprint density at radius 3 is 1.92 bits per heavy atom. The van der Waals surface area contributed by atoms with Crippen LogP contribution in [-0.2, 0) is 4.79 Å². The molecule has 3 heteroatoms. The molecule has 3 nitrogen and oxygen atoms in total. The van der Waals surface area contributed by atoms with Crippen LogP contribution in [0.5, 0.6) is 0 Å². The van der Waals surface area contributed by atoms with Gasteiger partial charge in [-0.3, -0.25) is 4.79 Å². The highest BCUT2D eigenvalue weighted by Gasteiger charge is 2.05. The van der Waals surface area contributed by atoms with Crippen molar-refractivity contribution < 1.29 is 4.79 Å². The summed E-state index contributed by atoms with van der Waals surface area (Å²) >= 11 is 0. The van der Waals surface area contributed by atoms with Crippen LogP contribution in [0, 0.1) is 0 Å². The Kier molecular flexibility index (Phi) is 5.17. The van der Waals surface area contributed by atoms with Crippen molar-refractivity contribution in [2.75, 3.05) is 13.1 Å².